The van der Waals surface area contributed by atoms with E-state index in [0.717, 1.165) is 24.5 Å². The lowest BCUT2D eigenvalue weighted by atomic mass is 10.2. The standard InChI is InChI=1S/C13H19N5S/c14-10-11-13(12-4-3-9-19-12)18(16-15-11)8-7-17-5-1-2-6-17/h3-4,9H,1-2,5-8,10,14H2. The highest BCUT2D eigenvalue weighted by Gasteiger charge is 2.16. The van der Waals surface area contributed by atoms with Crippen LogP contribution in [0.5, 0.6) is 0 Å². The SMILES string of the molecule is NCc1nnn(CCN2CCCC2)c1-c1cccs1. The molecule has 5 nitrogen and oxygen atoms in total. The lowest BCUT2D eigenvalue weighted by Crippen LogP contribution is -2.24. The molecule has 0 bridgehead atoms. The van der Waals surface area contributed by atoms with Crippen molar-refractivity contribution in [2.45, 2.75) is 25.9 Å². The molecule has 1 saturated heterocycles. The van der Waals surface area contributed by atoms with Crippen molar-refractivity contribution in [1.82, 2.24) is 19.9 Å². The molecule has 102 valence electrons. The van der Waals surface area contributed by atoms with E-state index in [9.17, 15) is 0 Å². The van der Waals surface area contributed by atoms with E-state index in [1.165, 1.54) is 30.8 Å². The van der Waals surface area contributed by atoms with Crippen LogP contribution >= 0.6 is 11.3 Å². The molecule has 6 heteroatoms. The maximum atomic E-state index is 5.77. The largest absolute Gasteiger partial charge is 0.325 e. The van der Waals surface area contributed by atoms with Crippen LogP contribution < -0.4 is 5.73 Å². The molecule has 2 N–H and O–H groups in total. The summed E-state index contributed by atoms with van der Waals surface area (Å²) in [5.41, 5.74) is 7.75. The van der Waals surface area contributed by atoms with Crippen LogP contribution in [0.1, 0.15) is 18.5 Å². The van der Waals surface area contributed by atoms with Gasteiger partial charge in [-0.1, -0.05) is 11.3 Å². The highest BCUT2D eigenvalue weighted by molar-refractivity contribution is 7.13. The molecule has 19 heavy (non-hydrogen) atoms. The van der Waals surface area contributed by atoms with Crippen LogP contribution in [0.25, 0.3) is 10.6 Å². The van der Waals surface area contributed by atoms with Crippen LogP contribution in [0.4, 0.5) is 0 Å². The highest BCUT2D eigenvalue weighted by Crippen LogP contribution is 2.26. The fourth-order valence-electron chi connectivity index (χ4n) is 2.57. The lowest BCUT2D eigenvalue weighted by molar-refractivity contribution is 0.315. The molecule has 0 saturated carbocycles. The molecule has 0 spiro atoms. The van der Waals surface area contributed by atoms with Gasteiger partial charge in [0.1, 0.15) is 11.4 Å². The van der Waals surface area contributed by atoms with Crippen molar-refractivity contribution in [2.75, 3.05) is 19.6 Å². The Morgan fingerprint density at radius 3 is 2.79 bits per heavy atom. The third-order valence-corrected chi connectivity index (χ3v) is 4.46. The Morgan fingerprint density at radius 2 is 2.11 bits per heavy atom. The number of hydrogen-bond acceptors (Lipinski definition) is 5. The molecule has 0 aromatic carbocycles. The van der Waals surface area contributed by atoms with Crippen LogP contribution in [0.3, 0.4) is 0 Å². The van der Waals surface area contributed by atoms with Crippen LogP contribution in [0.15, 0.2) is 17.5 Å². The predicted molar refractivity (Wildman–Crippen MR) is 76.9 cm³/mol. The zero-order valence-corrected chi connectivity index (χ0v) is 11.8. The van der Waals surface area contributed by atoms with E-state index in [-0.39, 0.29) is 0 Å². The predicted octanol–water partition coefficient (Wildman–Crippen LogP) is 1.56. The van der Waals surface area contributed by atoms with E-state index < -0.39 is 0 Å². The molecule has 0 aliphatic carbocycles. The summed E-state index contributed by atoms with van der Waals surface area (Å²) < 4.78 is 2.01. The van der Waals surface area contributed by atoms with Crippen molar-refractivity contribution >= 4 is 11.3 Å². The van der Waals surface area contributed by atoms with Gasteiger partial charge in [0.25, 0.3) is 0 Å². The van der Waals surface area contributed by atoms with Gasteiger partial charge in [-0.25, -0.2) is 4.68 Å². The molecule has 1 fully saturated rings. The molecular formula is C13H19N5S. The summed E-state index contributed by atoms with van der Waals surface area (Å²) >= 11 is 1.71. The number of nitrogens with zero attached hydrogens (tertiary/aromatic N) is 4. The molecule has 2 aromatic rings. The lowest BCUT2D eigenvalue weighted by Gasteiger charge is -2.15. The van der Waals surface area contributed by atoms with E-state index in [4.69, 9.17) is 5.73 Å². The van der Waals surface area contributed by atoms with Gasteiger partial charge in [-0.15, -0.1) is 16.4 Å². The Balaban J connectivity index is 1.78. The van der Waals surface area contributed by atoms with Gasteiger partial charge in [0, 0.05) is 13.1 Å². The molecule has 0 radical (unpaired) electrons. The third-order valence-electron chi connectivity index (χ3n) is 3.58. The molecular weight excluding hydrogens is 258 g/mol. The quantitative estimate of drug-likeness (QED) is 0.901. The second kappa shape index (κ2) is 5.81. The van der Waals surface area contributed by atoms with E-state index in [2.05, 4.69) is 32.7 Å². The van der Waals surface area contributed by atoms with Crippen molar-refractivity contribution < 1.29 is 0 Å². The molecule has 1 aliphatic heterocycles. The summed E-state index contributed by atoms with van der Waals surface area (Å²) in [6, 6.07) is 4.16. The minimum Gasteiger partial charge on any atom is -0.325 e. The second-order valence-corrected chi connectivity index (χ2v) is 5.79. The fraction of sp³-hybridized carbons (Fsp3) is 0.538. The van der Waals surface area contributed by atoms with Gasteiger partial charge in [0.15, 0.2) is 0 Å². The summed E-state index contributed by atoms with van der Waals surface area (Å²) in [6.45, 7) is 4.81. The van der Waals surface area contributed by atoms with Crippen LogP contribution in [0.2, 0.25) is 0 Å². The monoisotopic (exact) mass is 277 g/mol. The van der Waals surface area contributed by atoms with Crippen LogP contribution in [-0.4, -0.2) is 39.5 Å². The molecule has 2 aromatic heterocycles. The first kappa shape index (κ1) is 12.8. The zero-order chi connectivity index (χ0) is 13.1. The first-order valence-corrected chi connectivity index (χ1v) is 7.65. The van der Waals surface area contributed by atoms with Gasteiger partial charge in [-0.05, 0) is 37.4 Å². The Morgan fingerprint density at radius 1 is 1.26 bits per heavy atom. The minimum atomic E-state index is 0.441. The molecule has 0 unspecified atom stereocenters. The van der Waals surface area contributed by atoms with E-state index >= 15 is 0 Å². The topological polar surface area (TPSA) is 60.0 Å². The Bertz CT molecular complexity index is 513. The zero-order valence-electron chi connectivity index (χ0n) is 11.0. The van der Waals surface area contributed by atoms with Gasteiger partial charge >= 0.3 is 0 Å². The number of likely N-dealkylation sites (tertiary alicyclic amines) is 1. The highest BCUT2D eigenvalue weighted by atomic mass is 32.1. The molecule has 1 aliphatic rings. The number of rotatable bonds is 5. The molecule has 0 amide bonds. The van der Waals surface area contributed by atoms with Crippen molar-refractivity contribution in [3.8, 4) is 10.6 Å². The van der Waals surface area contributed by atoms with E-state index in [0.29, 0.717) is 6.54 Å². The van der Waals surface area contributed by atoms with Crippen molar-refractivity contribution in [2.24, 2.45) is 5.73 Å². The smallest absolute Gasteiger partial charge is 0.105 e. The van der Waals surface area contributed by atoms with Crippen LogP contribution in [-0.2, 0) is 13.1 Å². The van der Waals surface area contributed by atoms with Gasteiger partial charge in [0.2, 0.25) is 0 Å². The maximum Gasteiger partial charge on any atom is 0.105 e. The van der Waals surface area contributed by atoms with Gasteiger partial charge in [-0.2, -0.15) is 0 Å². The summed E-state index contributed by atoms with van der Waals surface area (Å²) in [4.78, 5) is 3.69. The summed E-state index contributed by atoms with van der Waals surface area (Å²) in [5, 5.41) is 10.6. The summed E-state index contributed by atoms with van der Waals surface area (Å²) in [6.07, 6.45) is 2.65. The first-order valence-electron chi connectivity index (χ1n) is 6.77. The molecule has 3 heterocycles. The fourth-order valence-corrected chi connectivity index (χ4v) is 3.36. The minimum absolute atomic E-state index is 0.441. The average molecular weight is 277 g/mol. The van der Waals surface area contributed by atoms with Crippen molar-refractivity contribution in [3.63, 3.8) is 0 Å². The van der Waals surface area contributed by atoms with Crippen LogP contribution in [0, 0.1) is 0 Å². The number of thiophene rings is 1. The third kappa shape index (κ3) is 2.70. The maximum absolute atomic E-state index is 5.77. The first-order chi connectivity index (χ1) is 9.38. The van der Waals surface area contributed by atoms with Gasteiger partial charge in [0.05, 0.1) is 11.4 Å². The normalized spacial score (nSPS) is 16.3. The summed E-state index contributed by atoms with van der Waals surface area (Å²) in [7, 11) is 0. The second-order valence-electron chi connectivity index (χ2n) is 4.84. The van der Waals surface area contributed by atoms with Gasteiger partial charge < -0.3 is 10.6 Å². The molecule has 3 rings (SSSR count). The van der Waals surface area contributed by atoms with Crippen molar-refractivity contribution in [1.29, 1.82) is 0 Å². The molecule has 0 atom stereocenters. The number of hydrogen-bond donors (Lipinski definition) is 1. The Hall–Kier alpha value is -1.24. The Labute approximate surface area is 117 Å². The van der Waals surface area contributed by atoms with Gasteiger partial charge in [-0.3, -0.25) is 0 Å². The van der Waals surface area contributed by atoms with E-state index in [1.807, 2.05) is 4.68 Å². The van der Waals surface area contributed by atoms with E-state index in [1.54, 1.807) is 11.3 Å². The van der Waals surface area contributed by atoms with Crippen molar-refractivity contribution in [3.05, 3.63) is 23.2 Å². The average Bonchev–Trinajstić information content (AvgIpc) is 3.16. The number of nitrogens with two attached hydrogens (primary N) is 1. The Kier molecular flexibility index (Phi) is 3.91. The summed E-state index contributed by atoms with van der Waals surface area (Å²) in [5.74, 6) is 0. The number of aromatic nitrogens is 3.